The lowest BCUT2D eigenvalue weighted by Gasteiger charge is -2.30. The summed E-state index contributed by atoms with van der Waals surface area (Å²) < 4.78 is 0. The molecular weight excluding hydrogens is 240 g/mol. The van der Waals surface area contributed by atoms with Crippen molar-refractivity contribution in [3.8, 4) is 0 Å². The van der Waals surface area contributed by atoms with Crippen LogP contribution in [0.4, 0.5) is 0 Å². The Morgan fingerprint density at radius 3 is 2.32 bits per heavy atom. The largest absolute Gasteiger partial charge is 0.480 e. The molecule has 0 aromatic carbocycles. The van der Waals surface area contributed by atoms with Crippen molar-refractivity contribution in [3.63, 3.8) is 0 Å². The Balaban J connectivity index is 4.28. The van der Waals surface area contributed by atoms with E-state index in [1.165, 1.54) is 0 Å². The van der Waals surface area contributed by atoms with Crippen LogP contribution in [0.2, 0.25) is 0 Å². The molecule has 1 atom stereocenters. The third-order valence-corrected chi connectivity index (χ3v) is 3.60. The van der Waals surface area contributed by atoms with E-state index in [0.717, 1.165) is 38.9 Å². The summed E-state index contributed by atoms with van der Waals surface area (Å²) in [6.07, 6.45) is 3.69. The van der Waals surface area contributed by atoms with Crippen LogP contribution in [-0.4, -0.2) is 47.2 Å². The van der Waals surface area contributed by atoms with E-state index in [0.29, 0.717) is 12.5 Å². The molecule has 0 heterocycles. The van der Waals surface area contributed by atoms with Gasteiger partial charge in [0.2, 0.25) is 0 Å². The fourth-order valence-electron chi connectivity index (χ4n) is 2.22. The quantitative estimate of drug-likeness (QED) is 0.607. The normalized spacial score (nSPS) is 14.9. The number of nitrogens with zero attached hydrogens (tertiary/aromatic N) is 1. The van der Waals surface area contributed by atoms with Gasteiger partial charge in [0.25, 0.3) is 0 Å². The molecule has 1 unspecified atom stereocenters. The highest BCUT2D eigenvalue weighted by atomic mass is 16.4. The first-order valence-corrected chi connectivity index (χ1v) is 7.59. The Labute approximate surface area is 118 Å². The zero-order valence-electron chi connectivity index (χ0n) is 13.3. The number of carbonyl (C=O) groups is 1. The minimum absolute atomic E-state index is 0.527. The highest BCUT2D eigenvalue weighted by Gasteiger charge is 2.31. The van der Waals surface area contributed by atoms with Crippen LogP contribution in [0.3, 0.4) is 0 Å². The zero-order chi connectivity index (χ0) is 14.9. The van der Waals surface area contributed by atoms with Gasteiger partial charge in [-0.05, 0) is 66.1 Å². The Morgan fingerprint density at radius 2 is 1.89 bits per heavy atom. The smallest absolute Gasteiger partial charge is 0.323 e. The fourth-order valence-corrected chi connectivity index (χ4v) is 2.22. The van der Waals surface area contributed by atoms with Gasteiger partial charge in [-0.25, -0.2) is 0 Å². The Hall–Kier alpha value is -0.610. The van der Waals surface area contributed by atoms with Crippen molar-refractivity contribution in [2.75, 3.05) is 19.6 Å². The first-order valence-electron chi connectivity index (χ1n) is 7.59. The summed E-state index contributed by atoms with van der Waals surface area (Å²) in [4.78, 5) is 13.8. The number of carboxylic acid groups (broad SMARTS) is 1. The van der Waals surface area contributed by atoms with E-state index in [4.69, 9.17) is 0 Å². The third-order valence-electron chi connectivity index (χ3n) is 3.60. The summed E-state index contributed by atoms with van der Waals surface area (Å²) >= 11 is 0. The summed E-state index contributed by atoms with van der Waals surface area (Å²) in [7, 11) is 0. The van der Waals surface area contributed by atoms with Crippen molar-refractivity contribution in [3.05, 3.63) is 0 Å². The topological polar surface area (TPSA) is 52.6 Å². The van der Waals surface area contributed by atoms with Gasteiger partial charge in [0.05, 0.1) is 0 Å². The highest BCUT2D eigenvalue weighted by Crippen LogP contribution is 2.14. The van der Waals surface area contributed by atoms with E-state index < -0.39 is 11.5 Å². The number of nitrogens with one attached hydrogen (secondary N) is 1. The summed E-state index contributed by atoms with van der Waals surface area (Å²) in [5, 5.41) is 12.5. The molecule has 0 spiro atoms. The third kappa shape index (κ3) is 6.92. The maximum Gasteiger partial charge on any atom is 0.323 e. The maximum absolute atomic E-state index is 11.4. The van der Waals surface area contributed by atoms with Crippen LogP contribution in [0.25, 0.3) is 0 Å². The molecule has 0 saturated heterocycles. The van der Waals surface area contributed by atoms with Gasteiger partial charge in [0, 0.05) is 6.04 Å². The second-order valence-corrected chi connectivity index (χ2v) is 5.80. The van der Waals surface area contributed by atoms with Gasteiger partial charge in [0.1, 0.15) is 5.54 Å². The summed E-state index contributed by atoms with van der Waals surface area (Å²) in [6.45, 7) is 13.2. The van der Waals surface area contributed by atoms with Crippen molar-refractivity contribution < 1.29 is 9.90 Å². The van der Waals surface area contributed by atoms with E-state index in [1.54, 1.807) is 6.92 Å². The molecule has 0 saturated carbocycles. The first kappa shape index (κ1) is 18.4. The number of aliphatic carboxylic acids is 1. The molecular formula is C15H32N2O2. The molecule has 114 valence electrons. The molecule has 0 aliphatic heterocycles. The lowest BCUT2D eigenvalue weighted by molar-refractivity contribution is -0.144. The summed E-state index contributed by atoms with van der Waals surface area (Å²) in [5.74, 6) is -0.743. The van der Waals surface area contributed by atoms with Crippen molar-refractivity contribution in [2.45, 2.75) is 71.9 Å². The monoisotopic (exact) mass is 272 g/mol. The standard InChI is InChI=1S/C15H32N2O2/c1-6-10-16-15(5,14(18)19)9-8-12-17(11-7-2)13(3)4/h13,16H,6-12H2,1-5H3,(H,18,19). The molecule has 4 heteroatoms. The predicted molar refractivity (Wildman–Crippen MR) is 80.6 cm³/mol. The molecule has 2 N–H and O–H groups in total. The van der Waals surface area contributed by atoms with E-state index in [2.05, 4.69) is 37.9 Å². The van der Waals surface area contributed by atoms with Crippen LogP contribution in [0.1, 0.15) is 60.3 Å². The van der Waals surface area contributed by atoms with Gasteiger partial charge in [-0.1, -0.05) is 13.8 Å². The van der Waals surface area contributed by atoms with Crippen LogP contribution >= 0.6 is 0 Å². The van der Waals surface area contributed by atoms with E-state index in [-0.39, 0.29) is 0 Å². The average Bonchev–Trinajstić information content (AvgIpc) is 2.34. The van der Waals surface area contributed by atoms with Crippen LogP contribution < -0.4 is 5.32 Å². The van der Waals surface area contributed by atoms with Crippen molar-refractivity contribution in [2.24, 2.45) is 0 Å². The molecule has 0 fully saturated rings. The predicted octanol–water partition coefficient (Wildman–Crippen LogP) is 2.73. The Morgan fingerprint density at radius 1 is 1.26 bits per heavy atom. The Bertz CT molecular complexity index is 257. The maximum atomic E-state index is 11.4. The van der Waals surface area contributed by atoms with Gasteiger partial charge in [-0.2, -0.15) is 0 Å². The van der Waals surface area contributed by atoms with Crippen molar-refractivity contribution in [1.82, 2.24) is 10.2 Å². The molecule has 0 rings (SSSR count). The van der Waals surface area contributed by atoms with Crippen LogP contribution in [0.5, 0.6) is 0 Å². The zero-order valence-corrected chi connectivity index (χ0v) is 13.3. The van der Waals surface area contributed by atoms with Gasteiger partial charge in [0.15, 0.2) is 0 Å². The molecule has 0 radical (unpaired) electrons. The molecule has 0 aromatic rings. The highest BCUT2D eigenvalue weighted by molar-refractivity contribution is 5.78. The van der Waals surface area contributed by atoms with Crippen molar-refractivity contribution >= 4 is 5.97 Å². The summed E-state index contributed by atoms with van der Waals surface area (Å²) in [5.41, 5.74) is -0.787. The van der Waals surface area contributed by atoms with Gasteiger partial charge < -0.3 is 15.3 Å². The SMILES string of the molecule is CCCNC(C)(CCCN(CCC)C(C)C)C(=O)O. The van der Waals surface area contributed by atoms with Crippen LogP contribution in [0.15, 0.2) is 0 Å². The lowest BCUT2D eigenvalue weighted by Crippen LogP contribution is -2.50. The van der Waals surface area contributed by atoms with Gasteiger partial charge in [-0.3, -0.25) is 4.79 Å². The molecule has 0 amide bonds. The van der Waals surface area contributed by atoms with Crippen LogP contribution in [-0.2, 0) is 4.79 Å². The fraction of sp³-hybridized carbons (Fsp3) is 0.933. The molecule has 0 aliphatic rings. The van der Waals surface area contributed by atoms with Crippen LogP contribution in [0, 0.1) is 0 Å². The van der Waals surface area contributed by atoms with E-state index >= 15 is 0 Å². The summed E-state index contributed by atoms with van der Waals surface area (Å²) in [6, 6.07) is 0.527. The number of hydrogen-bond acceptors (Lipinski definition) is 3. The number of rotatable bonds is 11. The Kier molecular flexibility index (Phi) is 9.02. The molecule has 0 aliphatic carbocycles. The van der Waals surface area contributed by atoms with E-state index in [1.807, 2.05) is 0 Å². The lowest BCUT2D eigenvalue weighted by atomic mass is 9.95. The second-order valence-electron chi connectivity index (χ2n) is 5.80. The number of carboxylic acids is 1. The van der Waals surface area contributed by atoms with E-state index in [9.17, 15) is 9.90 Å². The van der Waals surface area contributed by atoms with Gasteiger partial charge in [-0.15, -0.1) is 0 Å². The molecule has 0 aromatic heterocycles. The average molecular weight is 272 g/mol. The van der Waals surface area contributed by atoms with Crippen molar-refractivity contribution in [1.29, 1.82) is 0 Å². The number of hydrogen-bond donors (Lipinski definition) is 2. The first-order chi connectivity index (χ1) is 8.87. The minimum Gasteiger partial charge on any atom is -0.480 e. The minimum atomic E-state index is -0.787. The molecule has 4 nitrogen and oxygen atoms in total. The van der Waals surface area contributed by atoms with Gasteiger partial charge >= 0.3 is 5.97 Å². The molecule has 0 bridgehead atoms. The molecule has 19 heavy (non-hydrogen) atoms. The second kappa shape index (κ2) is 9.32.